The molecule has 0 aliphatic heterocycles. The van der Waals surface area contributed by atoms with Crippen molar-refractivity contribution < 1.29 is 9.18 Å². The lowest BCUT2D eigenvalue weighted by atomic mass is 10.1. The van der Waals surface area contributed by atoms with Gasteiger partial charge in [0.15, 0.2) is 0 Å². The van der Waals surface area contributed by atoms with E-state index in [1.165, 1.54) is 12.1 Å². The van der Waals surface area contributed by atoms with Crippen molar-refractivity contribution in [3.63, 3.8) is 0 Å². The molecule has 0 unspecified atom stereocenters. The van der Waals surface area contributed by atoms with Crippen LogP contribution in [0.25, 0.3) is 0 Å². The van der Waals surface area contributed by atoms with Gasteiger partial charge >= 0.3 is 0 Å². The second-order valence-corrected chi connectivity index (χ2v) is 4.83. The Hall–Kier alpha value is -2.36. The van der Waals surface area contributed by atoms with Gasteiger partial charge in [0.2, 0.25) is 5.91 Å². The van der Waals surface area contributed by atoms with Crippen molar-refractivity contribution in [1.82, 2.24) is 0 Å². The van der Waals surface area contributed by atoms with Crippen LogP contribution < -0.4 is 11.1 Å². The highest BCUT2D eigenvalue weighted by atomic mass is 19.1. The number of nitrogens with one attached hydrogen (secondary N) is 1. The third kappa shape index (κ3) is 3.15. The molecule has 0 spiro atoms. The molecule has 0 saturated heterocycles. The third-order valence-electron chi connectivity index (χ3n) is 3.23. The zero-order valence-corrected chi connectivity index (χ0v) is 11.5. The first kappa shape index (κ1) is 14.1. The minimum Gasteiger partial charge on any atom is -0.398 e. The predicted octanol–water partition coefficient (Wildman–Crippen LogP) is 3.21. The van der Waals surface area contributed by atoms with E-state index >= 15 is 0 Å². The van der Waals surface area contributed by atoms with Gasteiger partial charge in [-0.15, -0.1) is 0 Å². The van der Waals surface area contributed by atoms with Crippen molar-refractivity contribution in [2.75, 3.05) is 11.1 Å². The number of hydrogen-bond donors (Lipinski definition) is 2. The van der Waals surface area contributed by atoms with Gasteiger partial charge in [-0.3, -0.25) is 4.79 Å². The zero-order chi connectivity index (χ0) is 14.7. The largest absolute Gasteiger partial charge is 0.398 e. The number of halogens is 1. The number of aryl methyl sites for hydroxylation is 1. The Labute approximate surface area is 117 Å². The maximum atomic E-state index is 13.1. The highest BCUT2D eigenvalue weighted by Gasteiger charge is 2.10. The average Bonchev–Trinajstić information content (AvgIpc) is 2.39. The van der Waals surface area contributed by atoms with Crippen LogP contribution in [0.4, 0.5) is 15.8 Å². The molecule has 0 aromatic heterocycles. The van der Waals surface area contributed by atoms with E-state index < -0.39 is 0 Å². The van der Waals surface area contributed by atoms with E-state index in [1.54, 1.807) is 12.1 Å². The van der Waals surface area contributed by atoms with Crippen molar-refractivity contribution in [3.05, 3.63) is 58.9 Å². The Morgan fingerprint density at radius 2 is 2.00 bits per heavy atom. The zero-order valence-electron chi connectivity index (χ0n) is 11.5. The molecule has 4 heteroatoms. The molecule has 1 amide bonds. The molecule has 3 nitrogen and oxygen atoms in total. The summed E-state index contributed by atoms with van der Waals surface area (Å²) in [5, 5.41) is 2.85. The van der Waals surface area contributed by atoms with E-state index in [2.05, 4.69) is 5.32 Å². The number of benzene rings is 2. The van der Waals surface area contributed by atoms with Crippen LogP contribution in [-0.2, 0) is 11.2 Å². The van der Waals surface area contributed by atoms with E-state index in [9.17, 15) is 9.18 Å². The first-order valence-electron chi connectivity index (χ1n) is 6.37. The molecule has 0 bridgehead atoms. The molecule has 3 N–H and O–H groups in total. The lowest BCUT2D eigenvalue weighted by Crippen LogP contribution is -2.16. The van der Waals surface area contributed by atoms with Gasteiger partial charge in [0.25, 0.3) is 0 Å². The van der Waals surface area contributed by atoms with E-state index in [0.29, 0.717) is 11.3 Å². The minimum absolute atomic E-state index is 0.130. The van der Waals surface area contributed by atoms with Crippen LogP contribution in [0.15, 0.2) is 36.4 Å². The summed E-state index contributed by atoms with van der Waals surface area (Å²) >= 11 is 0. The third-order valence-corrected chi connectivity index (χ3v) is 3.23. The van der Waals surface area contributed by atoms with Crippen LogP contribution >= 0.6 is 0 Å². The molecule has 2 aromatic rings. The normalized spacial score (nSPS) is 10.3. The SMILES string of the molecule is Cc1ccc(N)c(C)c1NC(=O)Cc1cccc(F)c1. The molecule has 0 fully saturated rings. The maximum Gasteiger partial charge on any atom is 0.228 e. The molecule has 0 aliphatic carbocycles. The van der Waals surface area contributed by atoms with Crippen molar-refractivity contribution >= 4 is 17.3 Å². The summed E-state index contributed by atoms with van der Waals surface area (Å²) in [4.78, 5) is 12.0. The van der Waals surface area contributed by atoms with Crippen LogP contribution in [0, 0.1) is 19.7 Å². The van der Waals surface area contributed by atoms with Crippen LogP contribution in [0.1, 0.15) is 16.7 Å². The number of carbonyl (C=O) groups excluding carboxylic acids is 1. The molecular formula is C16H17FN2O. The van der Waals surface area contributed by atoms with E-state index in [0.717, 1.165) is 16.8 Å². The fraction of sp³-hybridized carbons (Fsp3) is 0.188. The van der Waals surface area contributed by atoms with Gasteiger partial charge < -0.3 is 11.1 Å². The van der Waals surface area contributed by atoms with Gasteiger partial charge in [-0.25, -0.2) is 4.39 Å². The Balaban J connectivity index is 2.15. The minimum atomic E-state index is -0.341. The summed E-state index contributed by atoms with van der Waals surface area (Å²) in [5.41, 5.74) is 9.63. The van der Waals surface area contributed by atoms with Crippen LogP contribution in [0.3, 0.4) is 0 Å². The number of rotatable bonds is 3. The Kier molecular flexibility index (Phi) is 4.03. The highest BCUT2D eigenvalue weighted by molar-refractivity contribution is 5.94. The van der Waals surface area contributed by atoms with E-state index in [4.69, 9.17) is 5.73 Å². The summed E-state index contributed by atoms with van der Waals surface area (Å²) in [6.45, 7) is 3.77. The molecular weight excluding hydrogens is 255 g/mol. The summed E-state index contributed by atoms with van der Waals surface area (Å²) in [6, 6.07) is 9.70. The van der Waals surface area contributed by atoms with Crippen LogP contribution in [0.2, 0.25) is 0 Å². The molecule has 20 heavy (non-hydrogen) atoms. The molecule has 0 atom stereocenters. The Morgan fingerprint density at radius 3 is 2.70 bits per heavy atom. The Bertz CT molecular complexity index is 653. The molecule has 0 radical (unpaired) electrons. The van der Waals surface area contributed by atoms with Gasteiger partial charge in [0, 0.05) is 11.4 Å². The smallest absolute Gasteiger partial charge is 0.228 e. The predicted molar refractivity (Wildman–Crippen MR) is 79.1 cm³/mol. The number of anilines is 2. The lowest BCUT2D eigenvalue weighted by Gasteiger charge is -2.13. The van der Waals surface area contributed by atoms with Crippen LogP contribution in [0.5, 0.6) is 0 Å². The lowest BCUT2D eigenvalue weighted by molar-refractivity contribution is -0.115. The Morgan fingerprint density at radius 1 is 1.25 bits per heavy atom. The number of carbonyl (C=O) groups is 1. The van der Waals surface area contributed by atoms with Gasteiger partial charge in [-0.2, -0.15) is 0 Å². The second-order valence-electron chi connectivity index (χ2n) is 4.83. The van der Waals surface area contributed by atoms with Crippen molar-refractivity contribution in [1.29, 1.82) is 0 Å². The number of nitrogens with two attached hydrogens (primary N) is 1. The summed E-state index contributed by atoms with van der Waals surface area (Å²) in [7, 11) is 0. The molecule has 0 aliphatic rings. The second kappa shape index (κ2) is 5.74. The maximum absolute atomic E-state index is 13.1. The van der Waals surface area contributed by atoms with Gasteiger partial charge in [0.1, 0.15) is 5.82 Å². The molecule has 2 aromatic carbocycles. The number of amides is 1. The van der Waals surface area contributed by atoms with E-state index in [-0.39, 0.29) is 18.1 Å². The van der Waals surface area contributed by atoms with Crippen molar-refractivity contribution in [2.24, 2.45) is 0 Å². The topological polar surface area (TPSA) is 55.1 Å². The van der Waals surface area contributed by atoms with Gasteiger partial charge in [-0.1, -0.05) is 18.2 Å². The monoisotopic (exact) mass is 272 g/mol. The molecule has 0 saturated carbocycles. The molecule has 0 heterocycles. The fourth-order valence-electron chi connectivity index (χ4n) is 2.07. The summed E-state index contributed by atoms with van der Waals surface area (Å²) < 4.78 is 13.1. The average molecular weight is 272 g/mol. The first-order valence-corrected chi connectivity index (χ1v) is 6.37. The molecule has 2 rings (SSSR count). The van der Waals surface area contributed by atoms with Gasteiger partial charge in [0.05, 0.1) is 6.42 Å². The van der Waals surface area contributed by atoms with Crippen molar-refractivity contribution in [2.45, 2.75) is 20.3 Å². The summed E-state index contributed by atoms with van der Waals surface area (Å²) in [6.07, 6.45) is 0.130. The number of hydrogen-bond acceptors (Lipinski definition) is 2. The van der Waals surface area contributed by atoms with Gasteiger partial charge in [-0.05, 0) is 48.7 Å². The quantitative estimate of drug-likeness (QED) is 0.843. The van der Waals surface area contributed by atoms with Crippen molar-refractivity contribution in [3.8, 4) is 0 Å². The van der Waals surface area contributed by atoms with Crippen LogP contribution in [-0.4, -0.2) is 5.91 Å². The molecule has 104 valence electrons. The fourth-order valence-corrected chi connectivity index (χ4v) is 2.07. The highest BCUT2D eigenvalue weighted by Crippen LogP contribution is 2.25. The number of nitrogen functional groups attached to an aromatic ring is 1. The standard InChI is InChI=1S/C16H17FN2O/c1-10-6-7-14(18)11(2)16(10)19-15(20)9-12-4-3-5-13(17)8-12/h3-8H,9,18H2,1-2H3,(H,19,20). The summed E-state index contributed by atoms with van der Waals surface area (Å²) in [5.74, 6) is -0.529. The first-order chi connectivity index (χ1) is 9.47. The van der Waals surface area contributed by atoms with E-state index in [1.807, 2.05) is 26.0 Å².